The maximum Gasteiger partial charge on any atom is 0.0541 e. The van der Waals surface area contributed by atoms with E-state index in [0.717, 1.165) is 28.4 Å². The predicted molar refractivity (Wildman–Crippen MR) is 241 cm³/mol. The Balaban J connectivity index is 0.882. The number of hydrogen-bond acceptors (Lipinski definition) is 1. The van der Waals surface area contributed by atoms with Gasteiger partial charge in [-0.3, -0.25) is 0 Å². The van der Waals surface area contributed by atoms with Crippen LogP contribution in [0.25, 0.3) is 77.2 Å². The van der Waals surface area contributed by atoms with Gasteiger partial charge >= 0.3 is 0 Å². The lowest BCUT2D eigenvalue weighted by Gasteiger charge is -2.26. The van der Waals surface area contributed by atoms with Crippen molar-refractivity contribution < 1.29 is 0 Å². The van der Waals surface area contributed by atoms with E-state index in [1.54, 1.807) is 0 Å². The Morgan fingerprint density at radius 2 is 0.491 bits per heavy atom. The fourth-order valence-electron chi connectivity index (χ4n) is 8.64. The summed E-state index contributed by atoms with van der Waals surface area (Å²) in [5.74, 6) is 0. The van der Waals surface area contributed by atoms with E-state index in [1.807, 2.05) is 0 Å². The van der Waals surface area contributed by atoms with E-state index in [1.165, 1.54) is 65.9 Å². The summed E-state index contributed by atoms with van der Waals surface area (Å²) < 4.78 is 4.73. The highest BCUT2D eigenvalue weighted by atomic mass is 15.1. The first-order valence-corrected chi connectivity index (χ1v) is 19.5. The van der Waals surface area contributed by atoms with Gasteiger partial charge < -0.3 is 14.0 Å². The lowest BCUT2D eigenvalue weighted by molar-refractivity contribution is 1.18. The molecule has 0 aliphatic carbocycles. The van der Waals surface area contributed by atoms with Crippen molar-refractivity contribution >= 4 is 60.7 Å². The molecule has 2 aromatic heterocycles. The lowest BCUT2D eigenvalue weighted by atomic mass is 10.0. The van der Waals surface area contributed by atoms with Gasteiger partial charge in [-0.2, -0.15) is 0 Å². The predicted octanol–water partition coefficient (Wildman–Crippen LogP) is 14.7. The van der Waals surface area contributed by atoms with Crippen LogP contribution in [0.3, 0.4) is 0 Å². The lowest BCUT2D eigenvalue weighted by Crippen LogP contribution is -2.09. The number of nitrogens with zero attached hydrogens (tertiary/aromatic N) is 3. The summed E-state index contributed by atoms with van der Waals surface area (Å²) in [7, 11) is 0. The third kappa shape index (κ3) is 5.60. The van der Waals surface area contributed by atoms with Gasteiger partial charge in [0.15, 0.2) is 0 Å². The monoisotopic (exact) mass is 727 g/mol. The molecule has 0 atom stereocenters. The maximum atomic E-state index is 2.36. The molecular weight excluding hydrogens is 691 g/mol. The van der Waals surface area contributed by atoms with Crippen molar-refractivity contribution in [2.75, 3.05) is 4.90 Å². The third-order valence-corrected chi connectivity index (χ3v) is 11.3. The van der Waals surface area contributed by atoms with Gasteiger partial charge in [0.2, 0.25) is 0 Å². The van der Waals surface area contributed by atoms with E-state index in [9.17, 15) is 0 Å². The molecule has 3 nitrogen and oxygen atoms in total. The number of fused-ring (bicyclic) bond motifs is 6. The van der Waals surface area contributed by atoms with Gasteiger partial charge in [0.25, 0.3) is 0 Å². The number of aromatic nitrogens is 2. The number of para-hydroxylation sites is 5. The maximum absolute atomic E-state index is 2.36. The molecule has 11 rings (SSSR count). The second-order valence-electron chi connectivity index (χ2n) is 14.6. The van der Waals surface area contributed by atoms with Crippen molar-refractivity contribution in [1.82, 2.24) is 9.13 Å². The summed E-state index contributed by atoms with van der Waals surface area (Å²) in [4.78, 5) is 2.32. The van der Waals surface area contributed by atoms with Crippen LogP contribution in [0.15, 0.2) is 224 Å². The van der Waals surface area contributed by atoms with Crippen LogP contribution in [0.1, 0.15) is 0 Å². The molecule has 2 heterocycles. The number of hydrogen-bond donors (Lipinski definition) is 0. The van der Waals surface area contributed by atoms with Crippen LogP contribution in [-0.2, 0) is 0 Å². The fourth-order valence-corrected chi connectivity index (χ4v) is 8.64. The van der Waals surface area contributed by atoms with Crippen molar-refractivity contribution in [1.29, 1.82) is 0 Å². The van der Waals surface area contributed by atoms with Gasteiger partial charge in [0.1, 0.15) is 0 Å². The molecule has 0 spiro atoms. The third-order valence-electron chi connectivity index (χ3n) is 11.3. The number of rotatable bonds is 7. The Bertz CT molecular complexity index is 2880. The Kier molecular flexibility index (Phi) is 7.82. The van der Waals surface area contributed by atoms with Crippen molar-refractivity contribution in [3.63, 3.8) is 0 Å². The first-order chi connectivity index (χ1) is 28.3. The molecule has 9 aromatic carbocycles. The average Bonchev–Trinajstić information content (AvgIpc) is 3.81. The Hall–Kier alpha value is -7.62. The average molecular weight is 728 g/mol. The van der Waals surface area contributed by atoms with Gasteiger partial charge in [0, 0.05) is 50.0 Å². The second kappa shape index (κ2) is 13.6. The molecule has 0 N–H and O–H groups in total. The molecule has 57 heavy (non-hydrogen) atoms. The summed E-state index contributed by atoms with van der Waals surface area (Å²) in [6.07, 6.45) is 0. The first-order valence-electron chi connectivity index (χ1n) is 19.5. The van der Waals surface area contributed by atoms with Crippen molar-refractivity contribution in [3.8, 4) is 33.6 Å². The zero-order valence-corrected chi connectivity index (χ0v) is 31.2. The van der Waals surface area contributed by atoms with Crippen LogP contribution in [0.4, 0.5) is 17.1 Å². The van der Waals surface area contributed by atoms with Crippen LogP contribution < -0.4 is 4.90 Å². The molecule has 0 unspecified atom stereocenters. The molecule has 0 saturated heterocycles. The smallest absolute Gasteiger partial charge is 0.0541 e. The van der Waals surface area contributed by atoms with Gasteiger partial charge in [-0.15, -0.1) is 0 Å². The minimum atomic E-state index is 1.11. The van der Waals surface area contributed by atoms with Gasteiger partial charge in [0.05, 0.1) is 22.1 Å². The minimum absolute atomic E-state index is 1.11. The van der Waals surface area contributed by atoms with Gasteiger partial charge in [-0.05, 0) is 107 Å². The van der Waals surface area contributed by atoms with Crippen LogP contribution >= 0.6 is 0 Å². The summed E-state index contributed by atoms with van der Waals surface area (Å²) in [6, 6.07) is 80.9. The molecule has 0 saturated carbocycles. The molecule has 11 aromatic rings. The normalized spacial score (nSPS) is 11.5. The molecular formula is C54H37N3. The molecule has 0 bridgehead atoms. The molecule has 0 aliphatic heterocycles. The zero-order chi connectivity index (χ0) is 37.7. The van der Waals surface area contributed by atoms with Crippen LogP contribution in [0.2, 0.25) is 0 Å². The molecule has 0 radical (unpaired) electrons. The van der Waals surface area contributed by atoms with E-state index < -0.39 is 0 Å². The summed E-state index contributed by atoms with van der Waals surface area (Å²) >= 11 is 0. The first kappa shape index (κ1) is 32.8. The Labute approximate surface area is 331 Å². The largest absolute Gasteiger partial charge is 0.311 e. The topological polar surface area (TPSA) is 13.1 Å². The van der Waals surface area contributed by atoms with E-state index >= 15 is 0 Å². The fraction of sp³-hybridized carbons (Fsp3) is 0. The number of benzene rings is 9. The van der Waals surface area contributed by atoms with Gasteiger partial charge in [-0.1, -0.05) is 140 Å². The SMILES string of the molecule is c1ccc(N(c2ccc(-c3ccc(-n4c5ccccc5c5ccccc54)cc3)cc2)c2ccc(-c3ccc(-n4c5ccccc5c5ccccc54)cc3)cc2)cc1. The summed E-state index contributed by atoms with van der Waals surface area (Å²) in [6.45, 7) is 0. The summed E-state index contributed by atoms with van der Waals surface area (Å²) in [5, 5.41) is 5.09. The zero-order valence-electron chi connectivity index (χ0n) is 31.2. The second-order valence-corrected chi connectivity index (χ2v) is 14.6. The molecule has 3 heteroatoms. The standard InChI is InChI=1S/C54H37N3/c1-2-12-42(13-3-1)55(43-30-22-38(23-31-43)40-26-34-45(35-27-40)56-51-18-8-4-14-47(51)48-15-5-9-19-52(48)56)44-32-24-39(25-33-44)41-28-36-46(37-29-41)57-53-20-10-6-16-49(53)50-17-7-11-21-54(50)57/h1-37H. The molecule has 268 valence electrons. The van der Waals surface area contributed by atoms with E-state index in [0.29, 0.717) is 0 Å². The van der Waals surface area contributed by atoms with Gasteiger partial charge in [-0.25, -0.2) is 0 Å². The highest BCUT2D eigenvalue weighted by Gasteiger charge is 2.15. The summed E-state index contributed by atoms with van der Waals surface area (Å²) in [5.41, 5.74) is 15.3. The molecule has 0 fully saturated rings. The minimum Gasteiger partial charge on any atom is -0.311 e. The number of anilines is 3. The van der Waals surface area contributed by atoms with E-state index in [4.69, 9.17) is 0 Å². The highest BCUT2D eigenvalue weighted by molar-refractivity contribution is 6.10. The van der Waals surface area contributed by atoms with Crippen LogP contribution in [0, 0.1) is 0 Å². The molecule has 0 amide bonds. The van der Waals surface area contributed by atoms with Crippen molar-refractivity contribution in [2.45, 2.75) is 0 Å². The highest BCUT2D eigenvalue weighted by Crippen LogP contribution is 2.38. The van der Waals surface area contributed by atoms with Crippen LogP contribution in [-0.4, -0.2) is 9.13 Å². The van der Waals surface area contributed by atoms with Crippen molar-refractivity contribution in [3.05, 3.63) is 224 Å². The Morgan fingerprint density at radius 3 is 0.825 bits per heavy atom. The molecule has 0 aliphatic rings. The Morgan fingerprint density at radius 1 is 0.228 bits per heavy atom. The van der Waals surface area contributed by atoms with Crippen molar-refractivity contribution in [2.24, 2.45) is 0 Å². The van der Waals surface area contributed by atoms with E-state index in [-0.39, 0.29) is 0 Å². The van der Waals surface area contributed by atoms with Crippen LogP contribution in [0.5, 0.6) is 0 Å². The van der Waals surface area contributed by atoms with E-state index in [2.05, 4.69) is 238 Å². The quantitative estimate of drug-likeness (QED) is 0.159.